The maximum atomic E-state index is 13.1. The molecule has 0 aliphatic carbocycles. The number of aliphatic hydroxyl groups excluding tert-OH is 1. The monoisotopic (exact) mass is 1410 g/mol. The molecule has 2 unspecified atom stereocenters. The Bertz CT molecular complexity index is 1860. The van der Waals surface area contributed by atoms with Gasteiger partial charge in [-0.05, 0) is 37.5 Å². The van der Waals surface area contributed by atoms with Gasteiger partial charge in [-0.2, -0.15) is 0 Å². The fourth-order valence-electron chi connectivity index (χ4n) is 11.8. The van der Waals surface area contributed by atoms with E-state index in [1.165, 1.54) is 212 Å². The Morgan fingerprint density at radius 2 is 0.479 bits per heavy atom. The molecule has 5 atom stereocenters. The molecule has 3 N–H and O–H groups in total. The maximum Gasteiger partial charge on any atom is 0.472 e. The number of carbonyl (C=O) groups is 4. The van der Waals surface area contributed by atoms with Crippen molar-refractivity contribution in [1.82, 2.24) is 0 Å². The van der Waals surface area contributed by atoms with Crippen molar-refractivity contribution < 1.29 is 80.2 Å². The molecular formula is C77H150O17P2. The molecule has 0 heterocycles. The van der Waals surface area contributed by atoms with Gasteiger partial charge in [-0.3, -0.25) is 37.3 Å². The summed E-state index contributed by atoms with van der Waals surface area (Å²) in [5, 5.41) is 10.6. The Morgan fingerprint density at radius 3 is 0.708 bits per heavy atom. The van der Waals surface area contributed by atoms with E-state index in [0.29, 0.717) is 31.6 Å². The Morgan fingerprint density at radius 1 is 0.281 bits per heavy atom. The number of esters is 4. The van der Waals surface area contributed by atoms with Crippen LogP contribution in [0.5, 0.6) is 0 Å². The Labute approximate surface area is 588 Å². The molecule has 0 radical (unpaired) electrons. The summed E-state index contributed by atoms with van der Waals surface area (Å²) in [5.41, 5.74) is 0. The van der Waals surface area contributed by atoms with E-state index in [1.54, 1.807) is 0 Å². The lowest BCUT2D eigenvalue weighted by atomic mass is 10.0. The first-order valence-electron chi connectivity index (χ1n) is 40.0. The molecule has 0 fully saturated rings. The number of phosphoric ester groups is 2. The van der Waals surface area contributed by atoms with Crippen LogP contribution in [0, 0.1) is 11.8 Å². The molecule has 0 aromatic heterocycles. The molecule has 0 aliphatic rings. The Hall–Kier alpha value is -1.94. The van der Waals surface area contributed by atoms with Gasteiger partial charge in [0.1, 0.15) is 19.3 Å². The van der Waals surface area contributed by atoms with E-state index in [-0.39, 0.29) is 25.7 Å². The average Bonchev–Trinajstić information content (AvgIpc) is 1.53. The van der Waals surface area contributed by atoms with E-state index in [2.05, 4.69) is 41.5 Å². The van der Waals surface area contributed by atoms with Crippen LogP contribution in [0.15, 0.2) is 0 Å². The van der Waals surface area contributed by atoms with Gasteiger partial charge in [0.25, 0.3) is 0 Å². The predicted octanol–water partition coefficient (Wildman–Crippen LogP) is 22.7. The van der Waals surface area contributed by atoms with Crippen LogP contribution in [0.25, 0.3) is 0 Å². The topological polar surface area (TPSA) is 237 Å². The molecule has 0 bridgehead atoms. The number of hydrogen-bond donors (Lipinski definition) is 3. The van der Waals surface area contributed by atoms with Crippen LogP contribution in [0.3, 0.4) is 0 Å². The minimum atomic E-state index is -4.96. The van der Waals surface area contributed by atoms with Crippen LogP contribution in [0.4, 0.5) is 0 Å². The van der Waals surface area contributed by atoms with Crippen LogP contribution >= 0.6 is 15.6 Å². The summed E-state index contributed by atoms with van der Waals surface area (Å²) in [6, 6.07) is 0. The maximum absolute atomic E-state index is 13.1. The van der Waals surface area contributed by atoms with Crippen LogP contribution in [0.1, 0.15) is 401 Å². The average molecular weight is 1410 g/mol. The summed E-state index contributed by atoms with van der Waals surface area (Å²) in [6.07, 6.45) is 57.2. The zero-order valence-electron chi connectivity index (χ0n) is 62.7. The van der Waals surface area contributed by atoms with Gasteiger partial charge >= 0.3 is 39.5 Å². The lowest BCUT2D eigenvalue weighted by Crippen LogP contribution is -2.30. The van der Waals surface area contributed by atoms with Gasteiger partial charge in [0, 0.05) is 25.7 Å². The van der Waals surface area contributed by atoms with Crippen LogP contribution in [-0.2, 0) is 65.4 Å². The van der Waals surface area contributed by atoms with Gasteiger partial charge < -0.3 is 33.8 Å². The van der Waals surface area contributed by atoms with Crippen molar-refractivity contribution in [3.05, 3.63) is 0 Å². The minimum absolute atomic E-state index is 0.104. The number of ether oxygens (including phenoxy) is 4. The number of unbranched alkanes of at least 4 members (excludes halogenated alkanes) is 46. The van der Waals surface area contributed by atoms with Gasteiger partial charge in [0.2, 0.25) is 0 Å². The standard InChI is InChI=1S/C77H150O17P2/c1-7-9-11-13-15-17-19-21-22-23-24-25-26-27-28-29-31-33-37-41-49-55-61-76(81)93-72(65-87-74(79)59-53-47-40-36-32-30-20-18-16-14-12-10-8-2)67-91-95(83,84)89-63-71(78)64-90-96(85,86)92-68-73(66-88-75(80)60-54-48-44-43-46-52-58-70(5)6)94-77(82)62-56-50-42-38-34-35-39-45-51-57-69(3)4/h69-73,78H,7-68H2,1-6H3,(H,83,84)(H,85,86)/t71-,72-,73-/m1/s1. The van der Waals surface area contributed by atoms with Crippen molar-refractivity contribution in [3.8, 4) is 0 Å². The van der Waals surface area contributed by atoms with Gasteiger partial charge in [-0.1, -0.05) is 350 Å². The first-order chi connectivity index (χ1) is 46.4. The lowest BCUT2D eigenvalue weighted by molar-refractivity contribution is -0.161. The van der Waals surface area contributed by atoms with Gasteiger partial charge in [-0.25, -0.2) is 9.13 Å². The summed E-state index contributed by atoms with van der Waals surface area (Å²) in [4.78, 5) is 72.8. The Balaban J connectivity index is 5.17. The van der Waals surface area contributed by atoms with Gasteiger partial charge in [0.05, 0.1) is 26.4 Å². The van der Waals surface area contributed by atoms with E-state index in [9.17, 15) is 43.2 Å². The molecule has 570 valence electrons. The van der Waals surface area contributed by atoms with E-state index in [1.807, 2.05) is 0 Å². The number of aliphatic hydroxyl groups is 1. The SMILES string of the molecule is CCCCCCCCCCCCCCCCCCCCCCCCC(=O)O[C@H](COC(=O)CCCCCCCCCCCCCCC)COP(=O)(O)OC[C@@H](O)COP(=O)(O)OC[C@@H](COC(=O)CCCCCCCCC(C)C)OC(=O)CCCCCCCCCCCC(C)C. The highest BCUT2D eigenvalue weighted by molar-refractivity contribution is 7.47. The van der Waals surface area contributed by atoms with Crippen molar-refractivity contribution in [2.45, 2.75) is 419 Å². The van der Waals surface area contributed by atoms with Crippen molar-refractivity contribution in [3.63, 3.8) is 0 Å². The Kier molecular flexibility index (Phi) is 67.4. The molecule has 0 aliphatic heterocycles. The van der Waals surface area contributed by atoms with Crippen molar-refractivity contribution in [1.29, 1.82) is 0 Å². The molecule has 0 saturated carbocycles. The molecule has 96 heavy (non-hydrogen) atoms. The smallest absolute Gasteiger partial charge is 0.462 e. The van der Waals surface area contributed by atoms with E-state index < -0.39 is 97.5 Å². The molecule has 0 amide bonds. The second-order valence-corrected chi connectivity index (χ2v) is 31.6. The van der Waals surface area contributed by atoms with Gasteiger partial charge in [0.15, 0.2) is 12.2 Å². The lowest BCUT2D eigenvalue weighted by Gasteiger charge is -2.21. The zero-order chi connectivity index (χ0) is 70.7. The van der Waals surface area contributed by atoms with E-state index in [4.69, 9.17) is 37.0 Å². The molecule has 0 rings (SSSR count). The molecule has 0 spiro atoms. The molecule has 0 aromatic rings. The second kappa shape index (κ2) is 68.8. The molecule has 19 heteroatoms. The first kappa shape index (κ1) is 94.1. The summed E-state index contributed by atoms with van der Waals surface area (Å²) in [5.74, 6) is -0.703. The molecule has 0 saturated heterocycles. The number of phosphoric acid groups is 2. The van der Waals surface area contributed by atoms with Crippen LogP contribution in [0.2, 0.25) is 0 Å². The third kappa shape index (κ3) is 70.5. The third-order valence-electron chi connectivity index (χ3n) is 18.0. The van der Waals surface area contributed by atoms with Crippen molar-refractivity contribution in [2.24, 2.45) is 11.8 Å². The normalized spacial score (nSPS) is 14.0. The molecule has 17 nitrogen and oxygen atoms in total. The quantitative estimate of drug-likeness (QED) is 0.0222. The summed E-state index contributed by atoms with van der Waals surface area (Å²) in [6.45, 7) is 9.49. The highest BCUT2D eigenvalue weighted by atomic mass is 31.2. The summed E-state index contributed by atoms with van der Waals surface area (Å²) >= 11 is 0. The van der Waals surface area contributed by atoms with Crippen LogP contribution in [-0.4, -0.2) is 96.7 Å². The highest BCUT2D eigenvalue weighted by Crippen LogP contribution is 2.45. The second-order valence-electron chi connectivity index (χ2n) is 28.7. The fourth-order valence-corrected chi connectivity index (χ4v) is 13.4. The van der Waals surface area contributed by atoms with E-state index in [0.717, 1.165) is 102 Å². The number of hydrogen-bond acceptors (Lipinski definition) is 15. The molecule has 0 aromatic carbocycles. The van der Waals surface area contributed by atoms with Crippen molar-refractivity contribution in [2.75, 3.05) is 39.6 Å². The van der Waals surface area contributed by atoms with Gasteiger partial charge in [-0.15, -0.1) is 0 Å². The fraction of sp³-hybridized carbons (Fsp3) is 0.948. The van der Waals surface area contributed by atoms with Crippen molar-refractivity contribution >= 4 is 39.5 Å². The zero-order valence-corrected chi connectivity index (χ0v) is 64.5. The van der Waals surface area contributed by atoms with Crippen LogP contribution < -0.4 is 0 Å². The number of rotatable bonds is 76. The predicted molar refractivity (Wildman–Crippen MR) is 391 cm³/mol. The largest absolute Gasteiger partial charge is 0.472 e. The third-order valence-corrected chi connectivity index (χ3v) is 19.9. The highest BCUT2D eigenvalue weighted by Gasteiger charge is 2.30. The molecular weight excluding hydrogens is 1260 g/mol. The van der Waals surface area contributed by atoms with E-state index >= 15 is 0 Å². The minimum Gasteiger partial charge on any atom is -0.462 e. The summed E-state index contributed by atoms with van der Waals surface area (Å²) in [7, 11) is -9.91. The number of carbonyl (C=O) groups excluding carboxylic acids is 4. The summed E-state index contributed by atoms with van der Waals surface area (Å²) < 4.78 is 68.5. The first-order valence-corrected chi connectivity index (χ1v) is 43.0.